The van der Waals surface area contributed by atoms with E-state index in [4.69, 9.17) is 0 Å². The molecule has 1 unspecified atom stereocenters. The van der Waals surface area contributed by atoms with Gasteiger partial charge in [-0.1, -0.05) is 13.3 Å². The van der Waals surface area contributed by atoms with Crippen molar-refractivity contribution in [1.29, 1.82) is 0 Å². The Morgan fingerprint density at radius 1 is 1.28 bits per heavy atom. The highest BCUT2D eigenvalue weighted by Crippen LogP contribution is 2.25. The Labute approximate surface area is 173 Å². The van der Waals surface area contributed by atoms with Crippen molar-refractivity contribution in [2.45, 2.75) is 45.7 Å². The zero-order valence-corrected chi connectivity index (χ0v) is 17.3. The second-order valence-electron chi connectivity index (χ2n) is 7.07. The van der Waals surface area contributed by atoms with Crippen LogP contribution in [0.5, 0.6) is 0 Å². The summed E-state index contributed by atoms with van der Waals surface area (Å²) >= 11 is 1.69. The van der Waals surface area contributed by atoms with Crippen LogP contribution in [0.25, 0.3) is 0 Å². The van der Waals surface area contributed by atoms with Crippen LogP contribution in [0, 0.1) is 5.82 Å². The Hall–Kier alpha value is -2.74. The molecular formula is C21H24FN3O3S. The molecule has 2 N–H and O–H groups in total. The van der Waals surface area contributed by atoms with Crippen LogP contribution in [0.2, 0.25) is 0 Å². The van der Waals surface area contributed by atoms with Crippen molar-refractivity contribution in [2.75, 3.05) is 11.9 Å². The van der Waals surface area contributed by atoms with Crippen molar-refractivity contribution < 1.29 is 18.8 Å². The molecule has 1 atom stereocenters. The third-order valence-electron chi connectivity index (χ3n) is 4.83. The third-order valence-corrected chi connectivity index (χ3v) is 5.85. The fourth-order valence-electron chi connectivity index (χ4n) is 3.42. The van der Waals surface area contributed by atoms with E-state index in [0.29, 0.717) is 31.6 Å². The van der Waals surface area contributed by atoms with E-state index in [1.807, 2.05) is 18.4 Å². The van der Waals surface area contributed by atoms with Gasteiger partial charge in [0.1, 0.15) is 11.9 Å². The number of carbonyl (C=O) groups excluding carboxylic acids is 3. The Morgan fingerprint density at radius 2 is 2.07 bits per heavy atom. The van der Waals surface area contributed by atoms with Crippen molar-refractivity contribution in [1.82, 2.24) is 10.2 Å². The van der Waals surface area contributed by atoms with E-state index in [1.54, 1.807) is 16.2 Å². The Balaban J connectivity index is 1.74. The van der Waals surface area contributed by atoms with Crippen LogP contribution in [0.4, 0.5) is 10.1 Å². The standard InChI is InChI=1S/C21H24FN3O3S/c1-3-4-18(21(28)25-9-7-19-14(12-25)8-10-29-19)24-20(27)16-11-15(23-13(2)26)5-6-17(16)22/h5-6,8,10-11,18H,3-4,7,9,12H2,1-2H3,(H,23,26)(H,24,27). The summed E-state index contributed by atoms with van der Waals surface area (Å²) in [4.78, 5) is 40.0. The number of rotatable bonds is 6. The SMILES string of the molecule is CCCC(NC(=O)c1cc(NC(C)=O)ccc1F)C(=O)N1CCc2sccc2C1. The van der Waals surface area contributed by atoms with Gasteiger partial charge < -0.3 is 15.5 Å². The molecule has 1 aromatic carbocycles. The number of fused-ring (bicyclic) bond motifs is 1. The molecule has 0 spiro atoms. The summed E-state index contributed by atoms with van der Waals surface area (Å²) in [5.41, 5.74) is 1.26. The topological polar surface area (TPSA) is 78.5 Å². The van der Waals surface area contributed by atoms with Crippen LogP contribution in [-0.4, -0.2) is 35.2 Å². The fourth-order valence-corrected chi connectivity index (χ4v) is 4.31. The maximum Gasteiger partial charge on any atom is 0.254 e. The number of nitrogens with zero attached hydrogens (tertiary/aromatic N) is 1. The van der Waals surface area contributed by atoms with Gasteiger partial charge in [0.05, 0.1) is 5.56 Å². The molecule has 3 rings (SSSR count). The molecule has 0 aliphatic carbocycles. The number of amides is 3. The van der Waals surface area contributed by atoms with Gasteiger partial charge in [-0.2, -0.15) is 0 Å². The van der Waals surface area contributed by atoms with Crippen LogP contribution < -0.4 is 10.6 Å². The molecule has 1 aliphatic rings. The van der Waals surface area contributed by atoms with Crippen molar-refractivity contribution >= 4 is 34.7 Å². The molecule has 0 fully saturated rings. The quantitative estimate of drug-likeness (QED) is 0.757. The molecule has 1 aromatic heterocycles. The Morgan fingerprint density at radius 3 is 2.79 bits per heavy atom. The largest absolute Gasteiger partial charge is 0.340 e. The lowest BCUT2D eigenvalue weighted by molar-refractivity contribution is -0.134. The van der Waals surface area contributed by atoms with Crippen LogP contribution in [0.3, 0.4) is 0 Å². The summed E-state index contributed by atoms with van der Waals surface area (Å²) in [5, 5.41) is 7.24. The second kappa shape index (κ2) is 9.17. The molecule has 2 aromatic rings. The number of hydrogen-bond acceptors (Lipinski definition) is 4. The summed E-state index contributed by atoms with van der Waals surface area (Å²) in [6, 6.07) is 5.08. The third kappa shape index (κ3) is 5.00. The van der Waals surface area contributed by atoms with Gasteiger partial charge in [0.15, 0.2) is 0 Å². The van der Waals surface area contributed by atoms with Gasteiger partial charge in [-0.25, -0.2) is 4.39 Å². The molecule has 2 heterocycles. The van der Waals surface area contributed by atoms with Gasteiger partial charge >= 0.3 is 0 Å². The molecule has 1 aliphatic heterocycles. The van der Waals surface area contributed by atoms with Gasteiger partial charge in [0.2, 0.25) is 11.8 Å². The summed E-state index contributed by atoms with van der Waals surface area (Å²) < 4.78 is 14.2. The number of carbonyl (C=O) groups is 3. The zero-order chi connectivity index (χ0) is 21.0. The van der Waals surface area contributed by atoms with E-state index < -0.39 is 17.8 Å². The summed E-state index contributed by atoms with van der Waals surface area (Å²) in [7, 11) is 0. The van der Waals surface area contributed by atoms with Crippen molar-refractivity contribution in [2.24, 2.45) is 0 Å². The van der Waals surface area contributed by atoms with Gasteiger partial charge in [0, 0.05) is 30.6 Å². The van der Waals surface area contributed by atoms with E-state index in [0.717, 1.165) is 18.1 Å². The maximum atomic E-state index is 14.2. The number of hydrogen-bond donors (Lipinski definition) is 2. The minimum absolute atomic E-state index is 0.157. The first-order valence-corrected chi connectivity index (χ1v) is 10.5. The average Bonchev–Trinajstić information content (AvgIpc) is 3.16. The molecule has 8 heteroatoms. The normalized spacial score (nSPS) is 14.1. The number of benzene rings is 1. The molecule has 154 valence electrons. The predicted molar refractivity (Wildman–Crippen MR) is 110 cm³/mol. The number of nitrogens with one attached hydrogen (secondary N) is 2. The van der Waals surface area contributed by atoms with Gasteiger partial charge in [-0.3, -0.25) is 14.4 Å². The molecule has 0 radical (unpaired) electrons. The number of anilines is 1. The Bertz CT molecular complexity index is 928. The molecule has 3 amide bonds. The smallest absolute Gasteiger partial charge is 0.254 e. The lowest BCUT2D eigenvalue weighted by atomic mass is 10.1. The summed E-state index contributed by atoms with van der Waals surface area (Å²) in [6.45, 7) is 4.39. The minimum atomic E-state index is -0.725. The monoisotopic (exact) mass is 417 g/mol. The predicted octanol–water partition coefficient (Wildman–Crippen LogP) is 3.33. The first-order chi connectivity index (χ1) is 13.9. The molecule has 0 saturated heterocycles. The van der Waals surface area contributed by atoms with Crippen LogP contribution in [0.15, 0.2) is 29.6 Å². The van der Waals surface area contributed by atoms with Crippen molar-refractivity contribution in [3.8, 4) is 0 Å². The van der Waals surface area contributed by atoms with Gasteiger partial charge in [-0.15, -0.1) is 11.3 Å². The van der Waals surface area contributed by atoms with Crippen molar-refractivity contribution in [3.05, 3.63) is 51.5 Å². The highest BCUT2D eigenvalue weighted by molar-refractivity contribution is 7.10. The van der Waals surface area contributed by atoms with E-state index >= 15 is 0 Å². The van der Waals surface area contributed by atoms with E-state index in [2.05, 4.69) is 10.6 Å². The van der Waals surface area contributed by atoms with Crippen molar-refractivity contribution in [3.63, 3.8) is 0 Å². The van der Waals surface area contributed by atoms with E-state index in [-0.39, 0.29) is 17.4 Å². The van der Waals surface area contributed by atoms with Crippen LogP contribution in [-0.2, 0) is 22.6 Å². The van der Waals surface area contributed by atoms with Crippen LogP contribution in [0.1, 0.15) is 47.5 Å². The summed E-state index contributed by atoms with van der Waals surface area (Å²) in [6.07, 6.45) is 1.96. The van der Waals surface area contributed by atoms with Crippen LogP contribution >= 0.6 is 11.3 Å². The number of halogens is 1. The lowest BCUT2D eigenvalue weighted by Gasteiger charge is -2.31. The van der Waals surface area contributed by atoms with Gasteiger partial charge in [0.25, 0.3) is 5.91 Å². The highest BCUT2D eigenvalue weighted by atomic mass is 32.1. The number of thiophene rings is 1. The minimum Gasteiger partial charge on any atom is -0.340 e. The Kier molecular flexibility index (Phi) is 6.64. The zero-order valence-electron chi connectivity index (χ0n) is 16.5. The van der Waals surface area contributed by atoms with E-state index in [9.17, 15) is 18.8 Å². The first-order valence-electron chi connectivity index (χ1n) is 9.61. The molecule has 0 bridgehead atoms. The first kappa shape index (κ1) is 21.0. The second-order valence-corrected chi connectivity index (χ2v) is 8.07. The molecule has 29 heavy (non-hydrogen) atoms. The molecule has 0 saturated carbocycles. The molecular weight excluding hydrogens is 393 g/mol. The van der Waals surface area contributed by atoms with Gasteiger partial charge in [-0.05, 0) is 48.1 Å². The highest BCUT2D eigenvalue weighted by Gasteiger charge is 2.29. The lowest BCUT2D eigenvalue weighted by Crippen LogP contribution is -2.49. The van der Waals surface area contributed by atoms with E-state index in [1.165, 1.54) is 23.9 Å². The maximum absolute atomic E-state index is 14.2. The molecule has 6 nitrogen and oxygen atoms in total. The average molecular weight is 418 g/mol. The fraction of sp³-hybridized carbons (Fsp3) is 0.381. The summed E-state index contributed by atoms with van der Waals surface area (Å²) in [5.74, 6) is -1.86.